The molecule has 26 heavy (non-hydrogen) atoms. The van der Waals surface area contributed by atoms with E-state index >= 15 is 0 Å². The Morgan fingerprint density at radius 3 is 2.50 bits per heavy atom. The number of aromatic nitrogens is 3. The van der Waals surface area contributed by atoms with Crippen molar-refractivity contribution in [2.45, 2.75) is 33.7 Å². The molecule has 0 atom stereocenters. The minimum absolute atomic E-state index is 0.180. The first-order valence-electron chi connectivity index (χ1n) is 8.59. The third kappa shape index (κ3) is 3.74. The van der Waals surface area contributed by atoms with Crippen LogP contribution in [0.2, 0.25) is 0 Å². The average molecular weight is 349 g/mol. The Balaban J connectivity index is 1.88. The van der Waals surface area contributed by atoms with Crippen LogP contribution in [-0.4, -0.2) is 26.7 Å². The highest BCUT2D eigenvalue weighted by Gasteiger charge is 2.17. The van der Waals surface area contributed by atoms with Crippen LogP contribution in [0.3, 0.4) is 0 Å². The van der Waals surface area contributed by atoms with E-state index in [4.69, 9.17) is 0 Å². The second-order valence-electron chi connectivity index (χ2n) is 6.56. The summed E-state index contributed by atoms with van der Waals surface area (Å²) in [6.45, 7) is 8.01. The zero-order valence-electron chi connectivity index (χ0n) is 15.4. The van der Waals surface area contributed by atoms with Crippen LogP contribution in [-0.2, 0) is 0 Å². The van der Waals surface area contributed by atoms with E-state index in [9.17, 15) is 4.79 Å². The summed E-state index contributed by atoms with van der Waals surface area (Å²) in [5.74, 6) is -0.180. The van der Waals surface area contributed by atoms with Crippen LogP contribution < -0.4 is 10.6 Å². The summed E-state index contributed by atoms with van der Waals surface area (Å²) in [6.07, 6.45) is 5.00. The Bertz CT molecular complexity index is 915. The van der Waals surface area contributed by atoms with E-state index in [2.05, 4.69) is 34.6 Å². The van der Waals surface area contributed by atoms with Gasteiger partial charge in [-0.3, -0.25) is 9.78 Å². The number of benzene rings is 1. The van der Waals surface area contributed by atoms with E-state index in [1.54, 1.807) is 23.3 Å². The van der Waals surface area contributed by atoms with E-state index in [-0.39, 0.29) is 11.9 Å². The summed E-state index contributed by atoms with van der Waals surface area (Å²) in [6, 6.07) is 9.94. The third-order valence-electron chi connectivity index (χ3n) is 4.03. The molecule has 134 valence electrons. The molecule has 0 spiro atoms. The molecule has 3 rings (SSSR count). The molecule has 0 aliphatic rings. The van der Waals surface area contributed by atoms with Gasteiger partial charge in [0, 0.05) is 18.4 Å². The zero-order valence-corrected chi connectivity index (χ0v) is 15.4. The van der Waals surface area contributed by atoms with Gasteiger partial charge in [0.2, 0.25) is 0 Å². The Hall–Kier alpha value is -3.15. The number of rotatable bonds is 5. The predicted molar refractivity (Wildman–Crippen MR) is 104 cm³/mol. The van der Waals surface area contributed by atoms with Gasteiger partial charge in [-0.15, -0.1) is 0 Å². The summed E-state index contributed by atoms with van der Waals surface area (Å²) >= 11 is 0. The maximum Gasteiger partial charge on any atom is 0.259 e. The van der Waals surface area contributed by atoms with Gasteiger partial charge in [-0.05, 0) is 57.5 Å². The van der Waals surface area contributed by atoms with Crippen LogP contribution in [0.15, 0.2) is 48.9 Å². The van der Waals surface area contributed by atoms with E-state index in [0.29, 0.717) is 5.56 Å². The second-order valence-corrected chi connectivity index (χ2v) is 6.56. The molecule has 0 bridgehead atoms. The first-order valence-corrected chi connectivity index (χ1v) is 8.59. The average Bonchev–Trinajstić information content (AvgIpc) is 2.99. The van der Waals surface area contributed by atoms with Gasteiger partial charge >= 0.3 is 0 Å². The number of anilines is 2. The molecular formula is C20H23N5O. The molecule has 2 heterocycles. The van der Waals surface area contributed by atoms with Gasteiger partial charge in [-0.1, -0.05) is 6.07 Å². The molecule has 1 amide bonds. The molecule has 0 unspecified atom stereocenters. The van der Waals surface area contributed by atoms with Gasteiger partial charge in [0.15, 0.2) is 0 Å². The first kappa shape index (κ1) is 17.7. The van der Waals surface area contributed by atoms with Crippen molar-refractivity contribution in [3.8, 4) is 5.69 Å². The van der Waals surface area contributed by atoms with Gasteiger partial charge in [0.25, 0.3) is 5.91 Å². The molecule has 0 saturated carbocycles. The van der Waals surface area contributed by atoms with Gasteiger partial charge in [0.05, 0.1) is 34.5 Å². The maximum absolute atomic E-state index is 12.8. The van der Waals surface area contributed by atoms with E-state index in [1.807, 2.05) is 44.2 Å². The molecule has 0 aliphatic heterocycles. The van der Waals surface area contributed by atoms with E-state index in [0.717, 1.165) is 28.3 Å². The van der Waals surface area contributed by atoms with Crippen molar-refractivity contribution in [1.29, 1.82) is 0 Å². The summed E-state index contributed by atoms with van der Waals surface area (Å²) in [4.78, 5) is 16.8. The second kappa shape index (κ2) is 7.39. The number of hydrogen-bond acceptors (Lipinski definition) is 4. The molecular weight excluding hydrogens is 326 g/mol. The van der Waals surface area contributed by atoms with E-state index < -0.39 is 0 Å². The van der Waals surface area contributed by atoms with Crippen LogP contribution in [0.5, 0.6) is 0 Å². The molecule has 1 aromatic carbocycles. The van der Waals surface area contributed by atoms with Crippen molar-refractivity contribution < 1.29 is 4.79 Å². The van der Waals surface area contributed by atoms with Crippen molar-refractivity contribution in [3.05, 3.63) is 65.7 Å². The minimum atomic E-state index is -0.180. The lowest BCUT2D eigenvalue weighted by Crippen LogP contribution is -2.17. The smallest absolute Gasteiger partial charge is 0.259 e. The number of carbonyl (C=O) groups excluding carboxylic acids is 1. The normalized spacial score (nSPS) is 10.8. The molecule has 0 fully saturated rings. The molecule has 3 aromatic rings. The molecule has 6 nitrogen and oxygen atoms in total. The molecule has 0 aliphatic carbocycles. The Kier molecular flexibility index (Phi) is 5.02. The SMILES string of the molecule is Cc1ccc(NC(C)C)c(NC(=O)c2cnn(-c3ccncc3)c2C)c1. The topological polar surface area (TPSA) is 71.8 Å². The number of nitrogens with one attached hydrogen (secondary N) is 2. The van der Waals surface area contributed by atoms with Crippen LogP contribution >= 0.6 is 0 Å². The quantitative estimate of drug-likeness (QED) is 0.731. The number of hydrogen-bond donors (Lipinski definition) is 2. The first-order chi connectivity index (χ1) is 12.5. The summed E-state index contributed by atoms with van der Waals surface area (Å²) in [5, 5.41) is 10.7. The Morgan fingerprint density at radius 1 is 1.08 bits per heavy atom. The largest absolute Gasteiger partial charge is 0.381 e. The predicted octanol–water partition coefficient (Wildman–Crippen LogP) is 3.96. The lowest BCUT2D eigenvalue weighted by Gasteiger charge is -2.16. The molecule has 2 aromatic heterocycles. The molecule has 0 saturated heterocycles. The standard InChI is InChI=1S/C20H23N5O/c1-13(2)23-18-6-5-14(3)11-19(18)24-20(26)17-12-22-25(15(17)4)16-7-9-21-10-8-16/h5-13,23H,1-4H3,(H,24,26). The Morgan fingerprint density at radius 2 is 1.81 bits per heavy atom. The number of aryl methyl sites for hydroxylation is 1. The Labute approximate surface area is 153 Å². The fraction of sp³-hybridized carbons (Fsp3) is 0.250. The molecule has 2 N–H and O–H groups in total. The van der Waals surface area contributed by atoms with Crippen LogP contribution in [0.25, 0.3) is 5.69 Å². The van der Waals surface area contributed by atoms with Gasteiger partial charge in [0.1, 0.15) is 0 Å². The van der Waals surface area contributed by atoms with Crippen molar-refractivity contribution in [1.82, 2.24) is 14.8 Å². The summed E-state index contributed by atoms with van der Waals surface area (Å²) < 4.78 is 1.74. The number of carbonyl (C=O) groups is 1. The minimum Gasteiger partial charge on any atom is -0.381 e. The monoisotopic (exact) mass is 349 g/mol. The molecule has 6 heteroatoms. The van der Waals surface area contributed by atoms with Gasteiger partial charge < -0.3 is 10.6 Å². The maximum atomic E-state index is 12.8. The van der Waals surface area contributed by atoms with Crippen molar-refractivity contribution in [2.75, 3.05) is 10.6 Å². The highest BCUT2D eigenvalue weighted by atomic mass is 16.1. The lowest BCUT2D eigenvalue weighted by molar-refractivity contribution is 0.102. The fourth-order valence-electron chi connectivity index (χ4n) is 2.77. The summed E-state index contributed by atoms with van der Waals surface area (Å²) in [5.41, 5.74) is 4.93. The van der Waals surface area contributed by atoms with Crippen LogP contribution in [0, 0.1) is 13.8 Å². The number of amides is 1. The lowest BCUT2D eigenvalue weighted by atomic mass is 10.1. The van der Waals surface area contributed by atoms with Crippen molar-refractivity contribution >= 4 is 17.3 Å². The highest BCUT2D eigenvalue weighted by Crippen LogP contribution is 2.25. The highest BCUT2D eigenvalue weighted by molar-refractivity contribution is 6.06. The van der Waals surface area contributed by atoms with Crippen molar-refractivity contribution in [2.24, 2.45) is 0 Å². The zero-order chi connectivity index (χ0) is 18.7. The van der Waals surface area contributed by atoms with Crippen LogP contribution in [0.1, 0.15) is 35.5 Å². The van der Waals surface area contributed by atoms with E-state index in [1.165, 1.54) is 0 Å². The van der Waals surface area contributed by atoms with Crippen LogP contribution in [0.4, 0.5) is 11.4 Å². The number of pyridine rings is 1. The van der Waals surface area contributed by atoms with Gasteiger partial charge in [-0.25, -0.2) is 4.68 Å². The third-order valence-corrected chi connectivity index (χ3v) is 4.03. The molecule has 0 radical (unpaired) electrons. The fourth-order valence-corrected chi connectivity index (χ4v) is 2.77. The number of nitrogens with zero attached hydrogens (tertiary/aromatic N) is 3. The van der Waals surface area contributed by atoms with Gasteiger partial charge in [-0.2, -0.15) is 5.10 Å². The summed E-state index contributed by atoms with van der Waals surface area (Å²) in [7, 11) is 0. The van der Waals surface area contributed by atoms with Crippen molar-refractivity contribution in [3.63, 3.8) is 0 Å².